The highest BCUT2D eigenvalue weighted by Gasteiger charge is 2.26. The largest absolute Gasteiger partial charge is 0.497 e. The lowest BCUT2D eigenvalue weighted by Crippen LogP contribution is -2.17. The van der Waals surface area contributed by atoms with Gasteiger partial charge in [-0.2, -0.15) is 5.10 Å². The van der Waals surface area contributed by atoms with Crippen molar-refractivity contribution in [3.8, 4) is 22.7 Å². The molecule has 0 spiro atoms. The van der Waals surface area contributed by atoms with Gasteiger partial charge in [-0.1, -0.05) is 48.5 Å². The molecule has 0 saturated carbocycles. The quantitative estimate of drug-likeness (QED) is 0.539. The van der Waals surface area contributed by atoms with Crippen LogP contribution in [-0.4, -0.2) is 22.7 Å². The molecule has 0 aliphatic carbocycles. The third kappa shape index (κ3) is 3.44. The van der Waals surface area contributed by atoms with Crippen LogP contribution in [0.4, 0.5) is 0 Å². The van der Waals surface area contributed by atoms with Crippen LogP contribution < -0.4 is 10.2 Å². The van der Waals surface area contributed by atoms with Gasteiger partial charge < -0.3 is 4.74 Å². The van der Waals surface area contributed by atoms with E-state index in [2.05, 4.69) is 5.48 Å². The van der Waals surface area contributed by atoms with Gasteiger partial charge in [0.25, 0.3) is 0 Å². The molecule has 2 heterocycles. The standard InChI is InChI=1S/C24H20N4O2/c1-29-20-14-12-17(13-15-20)22-21(16-28(26-22)19-10-6-3-7-11-19)24-25-23(27-30-24)18-8-4-2-5-9-18/h2-16,24H,1H3,(H,25,27)/t24-/m0/s1. The van der Waals surface area contributed by atoms with Crippen LogP contribution in [0.5, 0.6) is 5.75 Å². The summed E-state index contributed by atoms with van der Waals surface area (Å²) in [4.78, 5) is 10.6. The number of nitrogens with zero attached hydrogens (tertiary/aromatic N) is 3. The predicted molar refractivity (Wildman–Crippen MR) is 115 cm³/mol. The Hall–Kier alpha value is -3.90. The van der Waals surface area contributed by atoms with E-state index in [-0.39, 0.29) is 0 Å². The van der Waals surface area contributed by atoms with E-state index >= 15 is 0 Å². The van der Waals surface area contributed by atoms with Gasteiger partial charge in [-0.05, 0) is 36.4 Å². The zero-order valence-corrected chi connectivity index (χ0v) is 16.4. The van der Waals surface area contributed by atoms with Crippen molar-refractivity contribution in [1.29, 1.82) is 0 Å². The second kappa shape index (κ2) is 7.85. The Kier molecular flexibility index (Phi) is 4.75. The van der Waals surface area contributed by atoms with E-state index in [0.29, 0.717) is 5.84 Å². The normalized spacial score (nSPS) is 15.5. The number of aliphatic imine (C=N–C) groups is 1. The summed E-state index contributed by atoms with van der Waals surface area (Å²) in [6.45, 7) is 0. The lowest BCUT2D eigenvalue weighted by atomic mass is 10.1. The van der Waals surface area contributed by atoms with Crippen LogP contribution in [0.3, 0.4) is 0 Å². The first-order chi connectivity index (χ1) is 14.8. The fourth-order valence-corrected chi connectivity index (χ4v) is 3.40. The Labute approximate surface area is 174 Å². The second-order valence-electron chi connectivity index (χ2n) is 6.86. The van der Waals surface area contributed by atoms with E-state index < -0.39 is 6.23 Å². The van der Waals surface area contributed by atoms with Crippen LogP contribution in [-0.2, 0) is 4.84 Å². The van der Waals surface area contributed by atoms with Crippen molar-refractivity contribution in [2.24, 2.45) is 4.99 Å². The predicted octanol–water partition coefficient (Wildman–Crippen LogP) is 4.53. The van der Waals surface area contributed by atoms with Crippen molar-refractivity contribution in [1.82, 2.24) is 15.3 Å². The van der Waals surface area contributed by atoms with Gasteiger partial charge in [0.1, 0.15) is 11.4 Å². The van der Waals surface area contributed by atoms with Crippen molar-refractivity contribution >= 4 is 5.84 Å². The van der Waals surface area contributed by atoms with Crippen molar-refractivity contribution in [2.75, 3.05) is 7.11 Å². The molecule has 148 valence electrons. The summed E-state index contributed by atoms with van der Waals surface area (Å²) in [6, 6.07) is 27.7. The molecular weight excluding hydrogens is 376 g/mol. The van der Waals surface area contributed by atoms with E-state index in [0.717, 1.165) is 33.8 Å². The summed E-state index contributed by atoms with van der Waals surface area (Å²) in [5, 5.41) is 4.85. The van der Waals surface area contributed by atoms with Crippen LogP contribution in [0.15, 0.2) is 96.1 Å². The van der Waals surface area contributed by atoms with Gasteiger partial charge in [0, 0.05) is 17.3 Å². The summed E-state index contributed by atoms with van der Waals surface area (Å²) in [5.74, 6) is 1.50. The van der Waals surface area contributed by atoms with E-state index in [1.54, 1.807) is 7.11 Å². The maximum absolute atomic E-state index is 5.83. The lowest BCUT2D eigenvalue weighted by Gasteiger charge is -2.07. The molecule has 0 radical (unpaired) electrons. The molecule has 1 N–H and O–H groups in total. The SMILES string of the molecule is COc1ccc(-c2nn(-c3ccccc3)cc2[C@H]2N=C(c3ccccc3)NO2)cc1. The molecule has 30 heavy (non-hydrogen) atoms. The number of amidine groups is 1. The lowest BCUT2D eigenvalue weighted by molar-refractivity contribution is 0.0380. The average molecular weight is 396 g/mol. The van der Waals surface area contributed by atoms with Gasteiger partial charge in [-0.15, -0.1) is 0 Å². The molecule has 0 fully saturated rings. The monoisotopic (exact) mass is 396 g/mol. The Morgan fingerprint density at radius 1 is 0.867 bits per heavy atom. The first kappa shape index (κ1) is 18.1. The molecule has 5 rings (SSSR count). The summed E-state index contributed by atoms with van der Waals surface area (Å²) in [5.41, 5.74) is 7.56. The molecule has 3 aromatic carbocycles. The van der Waals surface area contributed by atoms with Crippen LogP contribution in [0.25, 0.3) is 16.9 Å². The first-order valence-electron chi connectivity index (χ1n) is 9.66. The maximum Gasteiger partial charge on any atom is 0.206 e. The minimum absolute atomic E-state index is 0.505. The molecule has 1 aromatic heterocycles. The van der Waals surface area contributed by atoms with Crippen molar-refractivity contribution in [3.05, 3.63) is 102 Å². The number of hydroxylamine groups is 1. The summed E-state index contributed by atoms with van der Waals surface area (Å²) in [6.07, 6.45) is 1.47. The maximum atomic E-state index is 5.83. The molecule has 1 atom stereocenters. The summed E-state index contributed by atoms with van der Waals surface area (Å²) < 4.78 is 7.15. The molecule has 1 aliphatic heterocycles. The molecule has 6 nitrogen and oxygen atoms in total. The third-order valence-corrected chi connectivity index (χ3v) is 4.95. The first-order valence-corrected chi connectivity index (χ1v) is 9.66. The number of nitrogens with one attached hydrogen (secondary N) is 1. The number of para-hydroxylation sites is 1. The molecule has 0 unspecified atom stereocenters. The van der Waals surface area contributed by atoms with E-state index in [1.165, 1.54) is 0 Å². The van der Waals surface area contributed by atoms with Crippen LogP contribution >= 0.6 is 0 Å². The zero-order valence-electron chi connectivity index (χ0n) is 16.4. The molecule has 0 bridgehead atoms. The van der Waals surface area contributed by atoms with E-state index in [1.807, 2.05) is 95.8 Å². The summed E-state index contributed by atoms with van der Waals surface area (Å²) >= 11 is 0. The number of methoxy groups -OCH3 is 1. The Morgan fingerprint density at radius 2 is 1.57 bits per heavy atom. The van der Waals surface area contributed by atoms with Crippen LogP contribution in [0.1, 0.15) is 17.4 Å². The highest BCUT2D eigenvalue weighted by atomic mass is 16.7. The number of benzene rings is 3. The van der Waals surface area contributed by atoms with Gasteiger partial charge in [0.15, 0.2) is 5.84 Å². The number of hydrogen-bond donors (Lipinski definition) is 1. The third-order valence-electron chi connectivity index (χ3n) is 4.95. The Bertz CT molecular complexity index is 1170. The molecule has 6 heteroatoms. The van der Waals surface area contributed by atoms with Crippen molar-refractivity contribution < 1.29 is 9.57 Å². The Balaban J connectivity index is 1.58. The fourth-order valence-electron chi connectivity index (χ4n) is 3.40. The highest BCUT2D eigenvalue weighted by Crippen LogP contribution is 2.33. The van der Waals surface area contributed by atoms with Crippen LogP contribution in [0.2, 0.25) is 0 Å². The highest BCUT2D eigenvalue weighted by molar-refractivity contribution is 5.98. The molecular formula is C24H20N4O2. The topological polar surface area (TPSA) is 60.7 Å². The molecule has 0 amide bonds. The fraction of sp³-hybridized carbons (Fsp3) is 0.0833. The smallest absolute Gasteiger partial charge is 0.206 e. The number of rotatable bonds is 5. The van der Waals surface area contributed by atoms with Crippen LogP contribution in [0, 0.1) is 0 Å². The second-order valence-corrected chi connectivity index (χ2v) is 6.86. The van der Waals surface area contributed by atoms with Gasteiger partial charge >= 0.3 is 0 Å². The minimum atomic E-state index is -0.505. The van der Waals surface area contributed by atoms with Gasteiger partial charge in [-0.25, -0.2) is 20.0 Å². The van der Waals surface area contributed by atoms with Gasteiger partial charge in [-0.3, -0.25) is 0 Å². The van der Waals surface area contributed by atoms with E-state index in [4.69, 9.17) is 19.7 Å². The molecule has 4 aromatic rings. The van der Waals surface area contributed by atoms with E-state index in [9.17, 15) is 0 Å². The number of aromatic nitrogens is 2. The molecule has 0 saturated heterocycles. The van der Waals surface area contributed by atoms with Gasteiger partial charge in [0.2, 0.25) is 6.23 Å². The number of hydrogen-bond acceptors (Lipinski definition) is 5. The summed E-state index contributed by atoms with van der Waals surface area (Å²) in [7, 11) is 1.66. The Morgan fingerprint density at radius 3 is 2.27 bits per heavy atom. The van der Waals surface area contributed by atoms with Crippen molar-refractivity contribution in [3.63, 3.8) is 0 Å². The van der Waals surface area contributed by atoms with Gasteiger partial charge in [0.05, 0.1) is 18.4 Å². The average Bonchev–Trinajstić information content (AvgIpc) is 3.48. The molecule has 1 aliphatic rings. The van der Waals surface area contributed by atoms with Crippen molar-refractivity contribution in [2.45, 2.75) is 6.23 Å². The zero-order chi connectivity index (χ0) is 20.3. The minimum Gasteiger partial charge on any atom is -0.497 e. The number of ether oxygens (including phenoxy) is 1.